The average Bonchev–Trinajstić information content (AvgIpc) is 3.10. The fourth-order valence-electron chi connectivity index (χ4n) is 2.36. The van der Waals surface area contributed by atoms with Crippen molar-refractivity contribution in [3.8, 4) is 22.9 Å². The van der Waals surface area contributed by atoms with Crippen molar-refractivity contribution in [1.29, 1.82) is 0 Å². The fourth-order valence-corrected chi connectivity index (χ4v) is 2.36. The minimum absolute atomic E-state index is 0.0186. The van der Waals surface area contributed by atoms with E-state index in [1.54, 1.807) is 18.2 Å². The number of benzene rings is 2. The second kappa shape index (κ2) is 7.63. The molecule has 0 atom stereocenters. The molecular formula is C18H12F6N2O2. The lowest BCUT2D eigenvalue weighted by molar-refractivity contribution is -0.176. The molecule has 0 aliphatic rings. The summed E-state index contributed by atoms with van der Waals surface area (Å²) in [6, 6.07) is 10.6. The lowest BCUT2D eigenvalue weighted by Gasteiger charge is -2.08. The van der Waals surface area contributed by atoms with E-state index in [4.69, 9.17) is 4.42 Å². The number of rotatable bonds is 5. The number of ether oxygens (including phenoxy) is 1. The molecule has 0 spiro atoms. The lowest BCUT2D eigenvalue weighted by atomic mass is 10.1. The van der Waals surface area contributed by atoms with E-state index in [0.717, 1.165) is 12.1 Å². The number of hydrogen-bond acceptors (Lipinski definition) is 4. The molecular weight excluding hydrogens is 390 g/mol. The Hall–Kier alpha value is -2.88. The molecule has 2 aromatic carbocycles. The van der Waals surface area contributed by atoms with Gasteiger partial charge in [0.1, 0.15) is 6.61 Å². The van der Waals surface area contributed by atoms with Crippen LogP contribution in [0.15, 0.2) is 52.9 Å². The van der Waals surface area contributed by atoms with Gasteiger partial charge in [0.05, 0.1) is 12.2 Å². The first-order valence-corrected chi connectivity index (χ1v) is 7.87. The minimum atomic E-state index is -4.51. The molecule has 148 valence electrons. The average molecular weight is 402 g/mol. The van der Waals surface area contributed by atoms with Crippen molar-refractivity contribution in [3.63, 3.8) is 0 Å². The highest BCUT2D eigenvalue weighted by atomic mass is 19.4. The van der Waals surface area contributed by atoms with Gasteiger partial charge in [-0.25, -0.2) is 0 Å². The molecule has 0 unspecified atom stereocenters. The summed E-state index contributed by atoms with van der Waals surface area (Å²) >= 11 is 0. The lowest BCUT2D eigenvalue weighted by Crippen LogP contribution is -2.16. The van der Waals surface area contributed by atoms with Crippen LogP contribution in [0.25, 0.3) is 22.9 Å². The molecule has 0 aliphatic carbocycles. The van der Waals surface area contributed by atoms with Crippen LogP contribution >= 0.6 is 0 Å². The zero-order valence-corrected chi connectivity index (χ0v) is 14.0. The van der Waals surface area contributed by atoms with Crippen LogP contribution in [0.4, 0.5) is 26.3 Å². The third-order valence-corrected chi connectivity index (χ3v) is 3.57. The summed E-state index contributed by atoms with van der Waals surface area (Å²) in [7, 11) is 0. The maximum atomic E-state index is 12.8. The Balaban J connectivity index is 1.78. The summed E-state index contributed by atoms with van der Waals surface area (Å²) in [6.07, 6.45) is -8.94. The Morgan fingerprint density at radius 2 is 1.43 bits per heavy atom. The first-order chi connectivity index (χ1) is 13.1. The van der Waals surface area contributed by atoms with Crippen LogP contribution in [0.3, 0.4) is 0 Å². The highest BCUT2D eigenvalue weighted by molar-refractivity contribution is 5.59. The molecule has 1 aromatic heterocycles. The van der Waals surface area contributed by atoms with Crippen molar-refractivity contribution >= 4 is 0 Å². The Morgan fingerprint density at radius 3 is 2.04 bits per heavy atom. The SMILES string of the molecule is FC(F)(F)COCc1cccc(-c2nnc(-c3cccc(C(F)(F)F)c3)o2)c1. The monoisotopic (exact) mass is 402 g/mol. The Labute approximate surface area is 154 Å². The summed E-state index contributed by atoms with van der Waals surface area (Å²) in [5.74, 6) is -0.0927. The van der Waals surface area contributed by atoms with Gasteiger partial charge in [-0.2, -0.15) is 26.3 Å². The first kappa shape index (κ1) is 19.9. The second-order valence-corrected chi connectivity index (χ2v) is 5.80. The molecule has 0 N–H and O–H groups in total. The van der Waals surface area contributed by atoms with Crippen LogP contribution in [0.2, 0.25) is 0 Å². The minimum Gasteiger partial charge on any atom is -0.416 e. The number of nitrogens with zero attached hydrogens (tertiary/aromatic N) is 2. The first-order valence-electron chi connectivity index (χ1n) is 7.87. The highest BCUT2D eigenvalue weighted by Crippen LogP contribution is 2.32. The van der Waals surface area contributed by atoms with Crippen LogP contribution in [-0.2, 0) is 17.5 Å². The van der Waals surface area contributed by atoms with Gasteiger partial charge in [-0.15, -0.1) is 10.2 Å². The third kappa shape index (κ3) is 5.10. The van der Waals surface area contributed by atoms with Gasteiger partial charge in [0, 0.05) is 11.1 Å². The number of halogens is 6. The van der Waals surface area contributed by atoms with Gasteiger partial charge in [0.15, 0.2) is 0 Å². The summed E-state index contributed by atoms with van der Waals surface area (Å²) in [5.41, 5.74) is 0.0891. The van der Waals surface area contributed by atoms with Crippen molar-refractivity contribution in [1.82, 2.24) is 10.2 Å². The van der Waals surface area contributed by atoms with E-state index >= 15 is 0 Å². The molecule has 3 aromatic rings. The highest BCUT2D eigenvalue weighted by Gasteiger charge is 2.31. The van der Waals surface area contributed by atoms with Gasteiger partial charge in [0.25, 0.3) is 0 Å². The molecule has 0 saturated carbocycles. The van der Waals surface area contributed by atoms with Gasteiger partial charge in [-0.3, -0.25) is 0 Å². The van der Waals surface area contributed by atoms with Crippen LogP contribution in [0.5, 0.6) is 0 Å². The smallest absolute Gasteiger partial charge is 0.416 e. The van der Waals surface area contributed by atoms with Crippen LogP contribution < -0.4 is 0 Å². The topological polar surface area (TPSA) is 48.2 Å². The molecule has 0 saturated heterocycles. The molecule has 28 heavy (non-hydrogen) atoms. The maximum absolute atomic E-state index is 12.8. The van der Waals surface area contributed by atoms with Crippen molar-refractivity contribution in [2.24, 2.45) is 0 Å². The quantitative estimate of drug-likeness (QED) is 0.529. The zero-order chi connectivity index (χ0) is 20.4. The van der Waals surface area contributed by atoms with Crippen molar-refractivity contribution in [2.75, 3.05) is 6.61 Å². The van der Waals surface area contributed by atoms with Crippen LogP contribution in [0.1, 0.15) is 11.1 Å². The summed E-state index contributed by atoms with van der Waals surface area (Å²) in [6.45, 7) is -1.65. The maximum Gasteiger partial charge on any atom is 0.416 e. The fraction of sp³-hybridized carbons (Fsp3) is 0.222. The molecule has 0 bridgehead atoms. The van der Waals surface area contributed by atoms with E-state index in [0.29, 0.717) is 11.1 Å². The van der Waals surface area contributed by atoms with Gasteiger partial charge in [0.2, 0.25) is 11.8 Å². The number of aromatic nitrogens is 2. The largest absolute Gasteiger partial charge is 0.416 e. The van der Waals surface area contributed by atoms with Gasteiger partial charge < -0.3 is 9.15 Å². The van der Waals surface area contributed by atoms with E-state index in [9.17, 15) is 26.3 Å². The Bertz CT molecular complexity index is 949. The van der Waals surface area contributed by atoms with E-state index in [-0.39, 0.29) is 24.0 Å². The predicted octanol–water partition coefficient (Wildman–Crippen LogP) is 5.50. The van der Waals surface area contributed by atoms with Crippen molar-refractivity contribution < 1.29 is 35.5 Å². The predicted molar refractivity (Wildman–Crippen MR) is 85.9 cm³/mol. The van der Waals surface area contributed by atoms with Gasteiger partial charge in [-0.1, -0.05) is 18.2 Å². The summed E-state index contributed by atoms with van der Waals surface area (Å²) in [5, 5.41) is 7.54. The standard InChI is InChI=1S/C18H12F6N2O2/c19-17(20,21)10-27-9-11-3-1-4-12(7-11)15-25-26-16(28-15)13-5-2-6-14(8-13)18(22,23)24/h1-8H,9-10H2. The molecule has 3 rings (SSSR count). The van der Waals surface area contributed by atoms with Crippen molar-refractivity contribution in [3.05, 3.63) is 59.7 Å². The van der Waals surface area contributed by atoms with Gasteiger partial charge >= 0.3 is 12.4 Å². The Morgan fingerprint density at radius 1 is 0.821 bits per heavy atom. The second-order valence-electron chi connectivity index (χ2n) is 5.80. The molecule has 0 fully saturated rings. The molecule has 10 heteroatoms. The summed E-state index contributed by atoms with van der Waals surface area (Å²) in [4.78, 5) is 0. The van der Waals surface area contributed by atoms with E-state index in [2.05, 4.69) is 14.9 Å². The number of alkyl halides is 6. The summed E-state index contributed by atoms with van der Waals surface area (Å²) < 4.78 is 84.9. The zero-order valence-electron chi connectivity index (χ0n) is 14.0. The molecule has 1 heterocycles. The molecule has 4 nitrogen and oxygen atoms in total. The molecule has 0 amide bonds. The van der Waals surface area contributed by atoms with E-state index in [1.807, 2.05) is 0 Å². The normalized spacial score (nSPS) is 12.4. The Kier molecular flexibility index (Phi) is 5.41. The van der Waals surface area contributed by atoms with Gasteiger partial charge in [-0.05, 0) is 35.9 Å². The van der Waals surface area contributed by atoms with Crippen LogP contribution in [0, 0.1) is 0 Å². The van der Waals surface area contributed by atoms with Crippen molar-refractivity contribution in [2.45, 2.75) is 19.0 Å². The van der Waals surface area contributed by atoms with Crippen LogP contribution in [-0.4, -0.2) is 23.0 Å². The van der Waals surface area contributed by atoms with E-state index < -0.39 is 24.5 Å². The molecule has 0 radical (unpaired) electrons. The molecule has 0 aliphatic heterocycles. The van der Waals surface area contributed by atoms with E-state index in [1.165, 1.54) is 18.2 Å². The number of hydrogen-bond donors (Lipinski definition) is 0. The third-order valence-electron chi connectivity index (χ3n) is 3.57.